The molecule has 0 fully saturated rings. The molecule has 0 radical (unpaired) electrons. The van der Waals surface area contributed by atoms with Gasteiger partial charge >= 0.3 is 0 Å². The lowest BCUT2D eigenvalue weighted by Crippen LogP contribution is -2.18. The Morgan fingerprint density at radius 2 is 1.96 bits per heavy atom. The first-order chi connectivity index (χ1) is 13.2. The molecule has 3 aromatic heterocycles. The first kappa shape index (κ1) is 17.0. The summed E-state index contributed by atoms with van der Waals surface area (Å²) in [6.45, 7) is 0.273. The molecule has 0 aliphatic rings. The van der Waals surface area contributed by atoms with Gasteiger partial charge in [0, 0.05) is 35.1 Å². The molecule has 0 saturated carbocycles. The molecule has 0 aliphatic heterocycles. The molecule has 4 aromatic rings. The van der Waals surface area contributed by atoms with Gasteiger partial charge in [-0.2, -0.15) is 0 Å². The monoisotopic (exact) mass is 377 g/mol. The Balaban J connectivity index is 1.44. The van der Waals surface area contributed by atoms with E-state index in [9.17, 15) is 9.59 Å². The first-order valence-corrected chi connectivity index (χ1v) is 9.12. The molecule has 134 valence electrons. The molecule has 4 rings (SSSR count). The third-order valence-corrected chi connectivity index (χ3v) is 4.75. The number of furan rings is 1. The number of benzene rings is 1. The van der Waals surface area contributed by atoms with Crippen LogP contribution in [-0.4, -0.2) is 15.5 Å². The zero-order chi connectivity index (χ0) is 18.6. The van der Waals surface area contributed by atoms with Gasteiger partial charge in [0.05, 0.1) is 6.54 Å². The predicted octanol–water partition coefficient (Wildman–Crippen LogP) is 3.87. The van der Waals surface area contributed by atoms with Gasteiger partial charge in [-0.15, -0.1) is 11.3 Å². The molecule has 0 saturated heterocycles. The van der Waals surface area contributed by atoms with Crippen LogP contribution in [0.2, 0.25) is 0 Å². The Morgan fingerprint density at radius 3 is 2.70 bits per heavy atom. The normalized spacial score (nSPS) is 10.7. The zero-order valence-electron chi connectivity index (χ0n) is 14.2. The van der Waals surface area contributed by atoms with Crippen LogP contribution in [0.4, 0.5) is 5.69 Å². The highest BCUT2D eigenvalue weighted by molar-refractivity contribution is 7.13. The van der Waals surface area contributed by atoms with Gasteiger partial charge in [0.1, 0.15) is 10.8 Å². The van der Waals surface area contributed by atoms with E-state index in [4.69, 9.17) is 4.42 Å². The van der Waals surface area contributed by atoms with Crippen LogP contribution < -0.4 is 10.9 Å². The van der Waals surface area contributed by atoms with Crippen molar-refractivity contribution in [2.24, 2.45) is 0 Å². The summed E-state index contributed by atoms with van der Waals surface area (Å²) in [5.41, 5.74) is 1.54. The van der Waals surface area contributed by atoms with Gasteiger partial charge in [0.2, 0.25) is 0 Å². The van der Waals surface area contributed by atoms with Crippen molar-refractivity contribution in [3.63, 3.8) is 0 Å². The Hall–Kier alpha value is -3.45. The number of hydrogen-bond donors (Lipinski definition) is 1. The summed E-state index contributed by atoms with van der Waals surface area (Å²) >= 11 is 1.56. The van der Waals surface area contributed by atoms with E-state index in [1.54, 1.807) is 48.0 Å². The maximum atomic E-state index is 12.4. The summed E-state index contributed by atoms with van der Waals surface area (Å²) < 4.78 is 7.09. The summed E-state index contributed by atoms with van der Waals surface area (Å²) in [6, 6.07) is 15.7. The van der Waals surface area contributed by atoms with Gasteiger partial charge in [-0.3, -0.25) is 9.59 Å². The number of carbonyl (C=O) groups excluding carboxylic acids is 1. The van der Waals surface area contributed by atoms with E-state index in [1.165, 1.54) is 10.6 Å². The second kappa shape index (κ2) is 7.43. The van der Waals surface area contributed by atoms with Crippen LogP contribution in [0.25, 0.3) is 10.6 Å². The van der Waals surface area contributed by atoms with Crippen molar-refractivity contribution in [1.29, 1.82) is 0 Å². The maximum absolute atomic E-state index is 12.4. The summed E-state index contributed by atoms with van der Waals surface area (Å²) in [7, 11) is 0. The molecule has 6 nitrogen and oxygen atoms in total. The number of thiazole rings is 1. The van der Waals surface area contributed by atoms with Crippen LogP contribution in [0, 0.1) is 0 Å². The molecule has 1 N–H and O–H groups in total. The lowest BCUT2D eigenvalue weighted by Gasteiger charge is -2.04. The van der Waals surface area contributed by atoms with E-state index in [0.717, 1.165) is 10.6 Å². The average molecular weight is 377 g/mol. The fourth-order valence-electron chi connectivity index (χ4n) is 2.60. The predicted molar refractivity (Wildman–Crippen MR) is 104 cm³/mol. The molecule has 1 aromatic carbocycles. The summed E-state index contributed by atoms with van der Waals surface area (Å²) in [5, 5.41) is 5.65. The standard InChI is InChI=1S/C20H15N3O3S/c24-18-3-1-2-11-23(18)13-16-8-9-17(26-16)19(25)22-15-6-4-14(5-7-15)20-21-10-12-27-20/h1-12H,13H2,(H,22,25). The SMILES string of the molecule is O=C(Nc1ccc(-c2nccs2)cc1)c1ccc(Cn2ccccc2=O)o1. The Kier molecular flexibility index (Phi) is 4.67. The van der Waals surface area contributed by atoms with Crippen molar-refractivity contribution in [3.8, 4) is 10.6 Å². The lowest BCUT2D eigenvalue weighted by atomic mass is 10.2. The molecule has 1 amide bonds. The van der Waals surface area contributed by atoms with Crippen molar-refractivity contribution in [3.05, 3.63) is 94.2 Å². The fraction of sp³-hybridized carbons (Fsp3) is 0.0500. The number of rotatable bonds is 5. The van der Waals surface area contributed by atoms with Crippen LogP contribution in [0.5, 0.6) is 0 Å². The highest BCUT2D eigenvalue weighted by Crippen LogP contribution is 2.23. The summed E-state index contributed by atoms with van der Waals surface area (Å²) in [6.07, 6.45) is 3.43. The third kappa shape index (κ3) is 3.88. The Bertz CT molecular complexity index is 1110. The third-order valence-electron chi connectivity index (χ3n) is 3.93. The Labute approximate surface area is 158 Å². The highest BCUT2D eigenvalue weighted by atomic mass is 32.1. The van der Waals surface area contributed by atoms with E-state index in [-0.39, 0.29) is 23.8 Å². The largest absolute Gasteiger partial charge is 0.454 e. The van der Waals surface area contributed by atoms with Crippen molar-refractivity contribution >= 4 is 22.9 Å². The molecule has 0 spiro atoms. The van der Waals surface area contributed by atoms with Crippen LogP contribution in [-0.2, 0) is 6.54 Å². The Morgan fingerprint density at radius 1 is 1.11 bits per heavy atom. The summed E-state index contributed by atoms with van der Waals surface area (Å²) in [5.74, 6) is 0.384. The zero-order valence-corrected chi connectivity index (χ0v) is 15.0. The van der Waals surface area contributed by atoms with Gasteiger partial charge in [-0.1, -0.05) is 6.07 Å². The van der Waals surface area contributed by atoms with Crippen molar-refractivity contribution in [1.82, 2.24) is 9.55 Å². The minimum atomic E-state index is -0.344. The molecule has 3 heterocycles. The smallest absolute Gasteiger partial charge is 0.291 e. The number of nitrogens with one attached hydrogen (secondary N) is 1. The first-order valence-electron chi connectivity index (χ1n) is 8.24. The molecule has 0 atom stereocenters. The molecular formula is C20H15N3O3S. The number of pyridine rings is 1. The van der Waals surface area contributed by atoms with Crippen LogP contribution in [0.1, 0.15) is 16.3 Å². The number of aromatic nitrogens is 2. The second-order valence-corrected chi connectivity index (χ2v) is 6.70. The van der Waals surface area contributed by atoms with Crippen LogP contribution >= 0.6 is 11.3 Å². The lowest BCUT2D eigenvalue weighted by molar-refractivity contribution is 0.0994. The fourth-order valence-corrected chi connectivity index (χ4v) is 3.24. The molecule has 27 heavy (non-hydrogen) atoms. The molecular weight excluding hydrogens is 362 g/mol. The highest BCUT2D eigenvalue weighted by Gasteiger charge is 2.12. The van der Waals surface area contributed by atoms with E-state index in [2.05, 4.69) is 10.3 Å². The number of carbonyl (C=O) groups is 1. The van der Waals surface area contributed by atoms with Gasteiger partial charge < -0.3 is 14.3 Å². The van der Waals surface area contributed by atoms with Gasteiger partial charge in [0.15, 0.2) is 5.76 Å². The molecule has 0 aliphatic carbocycles. The maximum Gasteiger partial charge on any atom is 0.291 e. The number of anilines is 1. The second-order valence-electron chi connectivity index (χ2n) is 5.80. The van der Waals surface area contributed by atoms with E-state index < -0.39 is 0 Å². The molecule has 0 bridgehead atoms. The minimum Gasteiger partial charge on any atom is -0.454 e. The summed E-state index contributed by atoms with van der Waals surface area (Å²) in [4.78, 5) is 28.4. The number of hydrogen-bond acceptors (Lipinski definition) is 5. The minimum absolute atomic E-state index is 0.125. The molecule has 7 heteroatoms. The van der Waals surface area contributed by atoms with E-state index in [0.29, 0.717) is 11.4 Å². The van der Waals surface area contributed by atoms with E-state index in [1.807, 2.05) is 29.6 Å². The van der Waals surface area contributed by atoms with Gasteiger partial charge in [-0.25, -0.2) is 4.98 Å². The van der Waals surface area contributed by atoms with Crippen molar-refractivity contribution < 1.29 is 9.21 Å². The van der Waals surface area contributed by atoms with E-state index >= 15 is 0 Å². The quantitative estimate of drug-likeness (QED) is 0.573. The molecule has 0 unspecified atom stereocenters. The van der Waals surface area contributed by atoms with Crippen molar-refractivity contribution in [2.45, 2.75) is 6.54 Å². The van der Waals surface area contributed by atoms with Crippen LogP contribution in [0.3, 0.4) is 0 Å². The number of nitrogens with zero attached hydrogens (tertiary/aromatic N) is 2. The number of amides is 1. The van der Waals surface area contributed by atoms with Gasteiger partial charge in [-0.05, 0) is 42.5 Å². The van der Waals surface area contributed by atoms with Gasteiger partial charge in [0.25, 0.3) is 11.5 Å². The van der Waals surface area contributed by atoms with Crippen molar-refractivity contribution in [2.75, 3.05) is 5.32 Å². The average Bonchev–Trinajstić information content (AvgIpc) is 3.36. The van der Waals surface area contributed by atoms with Crippen LogP contribution in [0.15, 0.2) is 81.6 Å². The topological polar surface area (TPSA) is 77.1 Å².